The Labute approximate surface area is 132 Å². The molecule has 0 atom stereocenters. The molecule has 0 fully saturated rings. The van der Waals surface area contributed by atoms with Crippen LogP contribution in [0.5, 0.6) is 0 Å². The lowest BCUT2D eigenvalue weighted by Crippen LogP contribution is -1.95. The molecule has 108 valence electrons. The van der Waals surface area contributed by atoms with E-state index in [1.165, 1.54) is 33.0 Å². The van der Waals surface area contributed by atoms with Gasteiger partial charge < -0.3 is 0 Å². The molecule has 3 rings (SSSR count). The number of hydrogen-bond acceptors (Lipinski definition) is 0. The molecule has 0 aliphatic carbocycles. The van der Waals surface area contributed by atoms with Crippen LogP contribution in [0.25, 0.3) is 34.1 Å². The standard InChI is InChI=1S/C22H20/c1-5-17-13-11-15(3)21(19(17)6-2)22-16(4)12-14-18-9-7-8-10-20(18)22/h5-14H,1-2H2,3-4H3. The summed E-state index contributed by atoms with van der Waals surface area (Å²) >= 11 is 0. The third-order valence-electron chi connectivity index (χ3n) is 4.30. The lowest BCUT2D eigenvalue weighted by atomic mass is 9.86. The van der Waals surface area contributed by atoms with Crippen molar-refractivity contribution >= 4 is 22.9 Å². The minimum absolute atomic E-state index is 1.13. The van der Waals surface area contributed by atoms with E-state index in [-0.39, 0.29) is 0 Å². The fourth-order valence-electron chi connectivity index (χ4n) is 3.19. The van der Waals surface area contributed by atoms with Gasteiger partial charge in [-0.25, -0.2) is 0 Å². The molecule has 0 amide bonds. The van der Waals surface area contributed by atoms with E-state index in [1.807, 2.05) is 12.2 Å². The molecule has 0 aliphatic rings. The molecule has 0 radical (unpaired) electrons. The first kappa shape index (κ1) is 14.3. The van der Waals surface area contributed by atoms with Crippen molar-refractivity contribution in [3.8, 4) is 11.1 Å². The predicted octanol–water partition coefficient (Wildman–Crippen LogP) is 6.41. The van der Waals surface area contributed by atoms with Crippen molar-refractivity contribution in [2.24, 2.45) is 0 Å². The summed E-state index contributed by atoms with van der Waals surface area (Å²) < 4.78 is 0. The third kappa shape index (κ3) is 2.17. The van der Waals surface area contributed by atoms with Crippen LogP contribution in [0.2, 0.25) is 0 Å². The largest absolute Gasteiger partial charge is 0.0984 e. The van der Waals surface area contributed by atoms with E-state index in [1.54, 1.807) is 0 Å². The van der Waals surface area contributed by atoms with Gasteiger partial charge in [-0.05, 0) is 58.0 Å². The van der Waals surface area contributed by atoms with E-state index in [9.17, 15) is 0 Å². The zero-order chi connectivity index (χ0) is 15.7. The van der Waals surface area contributed by atoms with Crippen LogP contribution in [0.3, 0.4) is 0 Å². The van der Waals surface area contributed by atoms with E-state index in [4.69, 9.17) is 0 Å². The van der Waals surface area contributed by atoms with Gasteiger partial charge in [0.1, 0.15) is 0 Å². The Bertz CT molecular complexity index is 882. The Morgan fingerprint density at radius 1 is 0.727 bits per heavy atom. The molecular formula is C22H20. The van der Waals surface area contributed by atoms with Gasteiger partial charge in [0.25, 0.3) is 0 Å². The van der Waals surface area contributed by atoms with Crippen molar-refractivity contribution in [3.05, 3.63) is 83.9 Å². The fraction of sp³-hybridized carbons (Fsp3) is 0.0909. The summed E-state index contributed by atoms with van der Waals surface area (Å²) in [6, 6.07) is 17.2. The van der Waals surface area contributed by atoms with Crippen molar-refractivity contribution in [2.75, 3.05) is 0 Å². The number of aryl methyl sites for hydroxylation is 2. The average molecular weight is 284 g/mol. The molecule has 0 aliphatic heterocycles. The van der Waals surface area contributed by atoms with Gasteiger partial charge in [0, 0.05) is 0 Å². The molecule has 0 spiro atoms. The molecule has 0 N–H and O–H groups in total. The third-order valence-corrected chi connectivity index (χ3v) is 4.30. The van der Waals surface area contributed by atoms with Crippen LogP contribution in [0, 0.1) is 13.8 Å². The van der Waals surface area contributed by atoms with E-state index in [2.05, 4.69) is 75.5 Å². The SMILES string of the molecule is C=Cc1ccc(C)c(-c2c(C)ccc3ccccc23)c1C=C. The van der Waals surface area contributed by atoms with E-state index in [0.29, 0.717) is 0 Å². The monoisotopic (exact) mass is 284 g/mol. The molecular weight excluding hydrogens is 264 g/mol. The van der Waals surface area contributed by atoms with Gasteiger partial charge in [0.05, 0.1) is 0 Å². The summed E-state index contributed by atoms with van der Waals surface area (Å²) in [6.07, 6.45) is 3.85. The highest BCUT2D eigenvalue weighted by atomic mass is 14.2. The maximum absolute atomic E-state index is 4.03. The second-order valence-electron chi connectivity index (χ2n) is 5.65. The van der Waals surface area contributed by atoms with Crippen LogP contribution in [0.1, 0.15) is 22.3 Å². The van der Waals surface area contributed by atoms with Crippen LogP contribution in [-0.2, 0) is 0 Å². The lowest BCUT2D eigenvalue weighted by Gasteiger charge is -2.18. The smallest absolute Gasteiger partial charge is 0.00672 e. The molecule has 3 aromatic carbocycles. The molecule has 0 aromatic heterocycles. The minimum Gasteiger partial charge on any atom is -0.0984 e. The van der Waals surface area contributed by atoms with Crippen molar-refractivity contribution < 1.29 is 0 Å². The number of fused-ring (bicyclic) bond motifs is 1. The molecule has 0 bridgehead atoms. The first-order valence-corrected chi connectivity index (χ1v) is 7.54. The molecule has 0 unspecified atom stereocenters. The Balaban J connectivity index is 2.49. The molecule has 0 heterocycles. The van der Waals surface area contributed by atoms with Gasteiger partial charge in [-0.2, -0.15) is 0 Å². The zero-order valence-corrected chi connectivity index (χ0v) is 13.2. The van der Waals surface area contributed by atoms with Crippen molar-refractivity contribution in [3.63, 3.8) is 0 Å². The molecule has 22 heavy (non-hydrogen) atoms. The zero-order valence-electron chi connectivity index (χ0n) is 13.2. The van der Waals surface area contributed by atoms with Gasteiger partial charge in [0.15, 0.2) is 0 Å². The quantitative estimate of drug-likeness (QED) is 0.521. The first-order chi connectivity index (χ1) is 10.7. The normalized spacial score (nSPS) is 10.6. The van der Waals surface area contributed by atoms with Crippen LogP contribution in [-0.4, -0.2) is 0 Å². The van der Waals surface area contributed by atoms with Gasteiger partial charge in [-0.1, -0.05) is 73.8 Å². The number of benzene rings is 3. The summed E-state index contributed by atoms with van der Waals surface area (Å²) in [5.74, 6) is 0. The highest BCUT2D eigenvalue weighted by molar-refractivity contribution is 6.01. The van der Waals surface area contributed by atoms with Crippen molar-refractivity contribution in [2.45, 2.75) is 13.8 Å². The number of hydrogen-bond donors (Lipinski definition) is 0. The Morgan fingerprint density at radius 2 is 1.41 bits per heavy atom. The summed E-state index contributed by atoms with van der Waals surface area (Å²) in [4.78, 5) is 0. The summed E-state index contributed by atoms with van der Waals surface area (Å²) in [7, 11) is 0. The fourth-order valence-corrected chi connectivity index (χ4v) is 3.19. The highest BCUT2D eigenvalue weighted by Crippen LogP contribution is 2.38. The summed E-state index contributed by atoms with van der Waals surface area (Å²) in [5, 5.41) is 2.55. The molecule has 3 aromatic rings. The van der Waals surface area contributed by atoms with Gasteiger partial charge in [-0.3, -0.25) is 0 Å². The molecule has 0 saturated heterocycles. The maximum Gasteiger partial charge on any atom is -0.00672 e. The van der Waals surface area contributed by atoms with E-state index < -0.39 is 0 Å². The first-order valence-electron chi connectivity index (χ1n) is 7.54. The second kappa shape index (κ2) is 5.65. The van der Waals surface area contributed by atoms with Crippen LogP contribution in [0.15, 0.2) is 61.7 Å². The van der Waals surface area contributed by atoms with E-state index >= 15 is 0 Å². The van der Waals surface area contributed by atoms with Crippen LogP contribution in [0.4, 0.5) is 0 Å². The summed E-state index contributed by atoms with van der Waals surface area (Å²) in [5.41, 5.74) is 7.40. The van der Waals surface area contributed by atoms with Gasteiger partial charge >= 0.3 is 0 Å². The van der Waals surface area contributed by atoms with Crippen molar-refractivity contribution in [1.29, 1.82) is 0 Å². The van der Waals surface area contributed by atoms with E-state index in [0.717, 1.165) is 11.1 Å². The van der Waals surface area contributed by atoms with Crippen molar-refractivity contribution in [1.82, 2.24) is 0 Å². The summed E-state index contributed by atoms with van der Waals surface area (Å²) in [6.45, 7) is 12.3. The maximum atomic E-state index is 4.03. The van der Waals surface area contributed by atoms with Gasteiger partial charge in [-0.15, -0.1) is 0 Å². The lowest BCUT2D eigenvalue weighted by molar-refractivity contribution is 1.41. The second-order valence-corrected chi connectivity index (χ2v) is 5.65. The number of rotatable bonds is 3. The Hall–Kier alpha value is -2.60. The van der Waals surface area contributed by atoms with Crippen LogP contribution >= 0.6 is 0 Å². The topological polar surface area (TPSA) is 0 Å². The molecule has 0 saturated carbocycles. The van der Waals surface area contributed by atoms with Gasteiger partial charge in [0.2, 0.25) is 0 Å². The highest BCUT2D eigenvalue weighted by Gasteiger charge is 2.14. The molecule has 0 heteroatoms. The Kier molecular flexibility index (Phi) is 3.68. The predicted molar refractivity (Wildman–Crippen MR) is 99.0 cm³/mol. The Morgan fingerprint density at radius 3 is 2.14 bits per heavy atom. The molecule has 0 nitrogen and oxygen atoms in total. The van der Waals surface area contributed by atoms with Crippen LogP contribution < -0.4 is 0 Å². The average Bonchev–Trinajstić information content (AvgIpc) is 2.55. The minimum atomic E-state index is 1.13.